The number of hydrogen-bond donors (Lipinski definition) is 1. The molecule has 0 radical (unpaired) electrons. The van der Waals surface area contributed by atoms with Gasteiger partial charge in [0.2, 0.25) is 0 Å². The maximum Gasteiger partial charge on any atom is 0.0451 e. The van der Waals surface area contributed by atoms with E-state index in [-0.39, 0.29) is 6.61 Å². The fourth-order valence-corrected chi connectivity index (χ4v) is 0.308. The highest BCUT2D eigenvalue weighted by Gasteiger charge is 1.73. The molecule has 2 nitrogen and oxygen atoms in total. The molecule has 1 N–H and O–H groups in total. The molecule has 0 amide bonds. The average Bonchev–Trinajstić information content (AvgIpc) is 1.61. The zero-order valence-electron chi connectivity index (χ0n) is 3.52. The molecule has 0 saturated carbocycles. The van der Waals surface area contributed by atoms with Crippen molar-refractivity contribution in [2.45, 2.75) is 6.42 Å². The molecule has 0 spiro atoms. The van der Waals surface area contributed by atoms with Crippen LogP contribution in [0.3, 0.4) is 0 Å². The van der Waals surface area contributed by atoms with Crippen LogP contribution in [0.15, 0.2) is 4.74 Å². The fourth-order valence-electron chi connectivity index (χ4n) is 0.150. The van der Waals surface area contributed by atoms with Gasteiger partial charge in [0.25, 0.3) is 0 Å². The summed E-state index contributed by atoms with van der Waals surface area (Å²) in [7, 11) is 2.91. The molecule has 0 unspecified atom stereocenters. The lowest BCUT2D eigenvalue weighted by molar-refractivity contribution is 0.291. The van der Waals surface area contributed by atoms with E-state index in [1.165, 1.54) is 0 Å². The van der Waals surface area contributed by atoms with E-state index in [1.807, 2.05) is 0 Å². The van der Waals surface area contributed by atoms with Crippen LogP contribution in [0.25, 0.3) is 0 Å². The van der Waals surface area contributed by atoms with Crippen LogP contribution in [-0.4, -0.2) is 18.3 Å². The van der Waals surface area contributed by atoms with Crippen LogP contribution in [0.4, 0.5) is 0 Å². The predicted octanol–water partition coefficient (Wildman–Crippen LogP) is 0.695. The third kappa shape index (κ3) is 4.06. The highest BCUT2D eigenvalue weighted by molar-refractivity contribution is 7.03. The zero-order valence-corrected chi connectivity index (χ0v) is 4.52. The van der Waals surface area contributed by atoms with Crippen molar-refractivity contribution in [2.24, 2.45) is 4.74 Å². The summed E-state index contributed by atoms with van der Waals surface area (Å²) in [6.45, 7) is 0.932. The molecule has 0 aromatic rings. The first-order chi connectivity index (χ1) is 2.91. The summed E-state index contributed by atoms with van der Waals surface area (Å²) < 4.78 is 3.57. The Bertz CT molecular complexity index is 39.8. The summed E-state index contributed by atoms with van der Waals surface area (Å²) >= 11 is 0. The van der Waals surface area contributed by atoms with E-state index in [2.05, 4.69) is 13.8 Å². The Balaban J connectivity index is 2.49. The van der Waals surface area contributed by atoms with Crippen molar-refractivity contribution in [1.29, 1.82) is 0 Å². The summed E-state index contributed by atoms with van der Waals surface area (Å²) in [5.41, 5.74) is 0. The summed E-state index contributed by atoms with van der Waals surface area (Å²) in [4.78, 5) is 0. The van der Waals surface area contributed by atoms with E-state index < -0.39 is 0 Å². The summed E-state index contributed by atoms with van der Waals surface area (Å²) in [5.74, 6) is 0. The molecule has 0 aliphatic carbocycles. The third-order valence-corrected chi connectivity index (χ3v) is 0.652. The Morgan fingerprint density at radius 3 is 2.50 bits per heavy atom. The Labute approximate surface area is 39.5 Å². The van der Waals surface area contributed by atoms with Crippen molar-refractivity contribution in [3.8, 4) is 0 Å². The van der Waals surface area contributed by atoms with E-state index in [1.54, 1.807) is 0 Å². The normalized spacial score (nSPS) is 8.17. The molecule has 0 atom stereocenters. The summed E-state index contributed by atoms with van der Waals surface area (Å²) in [5, 5.41) is 8.12. The van der Waals surface area contributed by atoms with E-state index in [4.69, 9.17) is 5.11 Å². The van der Waals surface area contributed by atoms with Gasteiger partial charge in [0, 0.05) is 13.2 Å². The number of aliphatic hydroxyl groups excluding tert-OH is 1. The molecule has 0 bridgehead atoms. The minimum Gasteiger partial charge on any atom is -0.396 e. The van der Waals surface area contributed by atoms with Gasteiger partial charge in [0.15, 0.2) is 0 Å². The van der Waals surface area contributed by atoms with Gasteiger partial charge in [-0.1, -0.05) is 0 Å². The van der Waals surface area contributed by atoms with E-state index in [0.717, 1.165) is 6.42 Å². The van der Waals surface area contributed by atoms with Gasteiger partial charge < -0.3 is 5.11 Å². The molecular weight excluding hydrogens is 97.0 g/mol. The van der Waals surface area contributed by atoms with Gasteiger partial charge in [0.1, 0.15) is 0 Å². The summed E-state index contributed by atoms with van der Waals surface area (Å²) in [6, 6.07) is 0. The van der Waals surface area contributed by atoms with Crippen LogP contribution in [-0.2, 0) is 0 Å². The summed E-state index contributed by atoms with van der Waals surface area (Å²) in [6.07, 6.45) is 0.753. The van der Waals surface area contributed by atoms with Gasteiger partial charge in [-0.05, 0) is 15.5 Å². The molecule has 0 saturated heterocycles. The Morgan fingerprint density at radius 2 is 2.33 bits per heavy atom. The van der Waals surface area contributed by atoms with Crippen molar-refractivity contribution in [3.63, 3.8) is 0 Å². The maximum absolute atomic E-state index is 8.12. The standard InChI is InChI=1S/C3H8NOP/c5-3-1-2-4-6/h5-6H,1-3H2. The van der Waals surface area contributed by atoms with Crippen LogP contribution < -0.4 is 0 Å². The topological polar surface area (TPSA) is 32.6 Å². The van der Waals surface area contributed by atoms with Crippen LogP contribution in [0.2, 0.25) is 0 Å². The van der Waals surface area contributed by atoms with Crippen molar-refractivity contribution in [2.75, 3.05) is 13.2 Å². The second-order valence-corrected chi connectivity index (χ2v) is 1.28. The Hall–Kier alpha value is 0.0600. The molecule has 0 fully saturated rings. The predicted molar refractivity (Wildman–Crippen MR) is 27.3 cm³/mol. The first-order valence-electron chi connectivity index (χ1n) is 1.86. The quantitative estimate of drug-likeness (QED) is 0.415. The molecule has 0 rings (SSSR count). The zero-order chi connectivity index (χ0) is 4.83. The molecule has 6 heavy (non-hydrogen) atoms. The number of aliphatic hydroxyl groups is 1. The van der Waals surface area contributed by atoms with E-state index in [0.29, 0.717) is 6.54 Å². The minimum atomic E-state index is 0.230. The molecule has 3 heteroatoms. The second-order valence-electron chi connectivity index (χ2n) is 0.959. The molecule has 36 valence electrons. The van der Waals surface area contributed by atoms with Gasteiger partial charge in [-0.15, -0.1) is 0 Å². The van der Waals surface area contributed by atoms with Gasteiger partial charge in [-0.2, -0.15) is 0 Å². The highest BCUT2D eigenvalue weighted by Crippen LogP contribution is 1.78. The van der Waals surface area contributed by atoms with Gasteiger partial charge in [-0.3, -0.25) is 4.74 Å². The molecule has 0 aromatic carbocycles. The van der Waals surface area contributed by atoms with Crippen LogP contribution in [0.1, 0.15) is 6.42 Å². The van der Waals surface area contributed by atoms with Gasteiger partial charge in [-0.25, -0.2) is 0 Å². The number of hydrogen-bond acceptors (Lipinski definition) is 2. The van der Waals surface area contributed by atoms with Gasteiger partial charge in [0.05, 0.1) is 0 Å². The van der Waals surface area contributed by atoms with Crippen molar-refractivity contribution < 1.29 is 5.11 Å². The average molecular weight is 105 g/mol. The highest BCUT2D eigenvalue weighted by atomic mass is 31.0. The lowest BCUT2D eigenvalue weighted by Gasteiger charge is -1.81. The van der Waals surface area contributed by atoms with Crippen LogP contribution in [0.5, 0.6) is 0 Å². The monoisotopic (exact) mass is 105 g/mol. The third-order valence-electron chi connectivity index (χ3n) is 0.428. The number of rotatable bonds is 3. The van der Waals surface area contributed by atoms with E-state index >= 15 is 0 Å². The Morgan fingerprint density at radius 1 is 1.67 bits per heavy atom. The van der Waals surface area contributed by atoms with Crippen molar-refractivity contribution >= 4 is 9.03 Å². The van der Waals surface area contributed by atoms with Gasteiger partial charge >= 0.3 is 0 Å². The van der Waals surface area contributed by atoms with Crippen LogP contribution in [0, 0.1) is 0 Å². The largest absolute Gasteiger partial charge is 0.396 e. The Kier molecular flexibility index (Phi) is 5.11. The lowest BCUT2D eigenvalue weighted by atomic mass is 10.5. The van der Waals surface area contributed by atoms with Crippen LogP contribution >= 0.6 is 9.03 Å². The SMILES string of the molecule is OCCCN=P. The smallest absolute Gasteiger partial charge is 0.0451 e. The minimum absolute atomic E-state index is 0.230. The number of nitrogens with zero attached hydrogens (tertiary/aromatic N) is 1. The molecule has 0 heterocycles. The fraction of sp³-hybridized carbons (Fsp3) is 1.00. The molecule has 0 aliphatic heterocycles. The lowest BCUT2D eigenvalue weighted by Crippen LogP contribution is -1.82. The van der Waals surface area contributed by atoms with E-state index in [9.17, 15) is 0 Å². The van der Waals surface area contributed by atoms with Crippen molar-refractivity contribution in [3.05, 3.63) is 0 Å². The first-order valence-corrected chi connectivity index (χ1v) is 2.30. The molecule has 0 aromatic heterocycles. The first kappa shape index (κ1) is 6.06. The maximum atomic E-state index is 8.12. The second kappa shape index (κ2) is 5.06. The molecular formula is C3H8NOP. The van der Waals surface area contributed by atoms with Crippen molar-refractivity contribution in [1.82, 2.24) is 0 Å². The molecule has 0 aliphatic rings.